The van der Waals surface area contributed by atoms with Crippen molar-refractivity contribution in [3.63, 3.8) is 0 Å². The van der Waals surface area contributed by atoms with Crippen LogP contribution in [0.15, 0.2) is 24.3 Å². The van der Waals surface area contributed by atoms with Crippen LogP contribution in [0.5, 0.6) is 0 Å². The maximum absolute atomic E-state index is 12.1. The van der Waals surface area contributed by atoms with Gasteiger partial charge in [-0.1, -0.05) is 0 Å². The minimum absolute atomic E-state index is 0.353. The highest BCUT2D eigenvalue weighted by Gasteiger charge is 2.34. The van der Waals surface area contributed by atoms with Crippen LogP contribution in [0.3, 0.4) is 0 Å². The van der Waals surface area contributed by atoms with Gasteiger partial charge in [0.05, 0.1) is 0 Å². The lowest BCUT2D eigenvalue weighted by Gasteiger charge is -2.36. The molecule has 1 amide bonds. The monoisotopic (exact) mass is 299 g/mol. The molecule has 2 saturated heterocycles. The van der Waals surface area contributed by atoms with Gasteiger partial charge in [-0.25, -0.2) is 0 Å². The molecule has 4 heteroatoms. The number of rotatable bonds is 3. The van der Waals surface area contributed by atoms with E-state index in [0.717, 1.165) is 39.0 Å². The first-order chi connectivity index (χ1) is 10.8. The molecule has 0 N–H and O–H groups in total. The molecule has 0 aromatic heterocycles. The van der Waals surface area contributed by atoms with E-state index in [-0.39, 0.29) is 0 Å². The molecule has 0 radical (unpaired) electrons. The number of hydrogen-bond acceptors (Lipinski definition) is 3. The van der Waals surface area contributed by atoms with Gasteiger partial charge < -0.3 is 14.7 Å². The molecule has 0 atom stereocenters. The molecule has 1 saturated carbocycles. The van der Waals surface area contributed by atoms with E-state index in [9.17, 15) is 4.79 Å². The molecule has 2 aliphatic heterocycles. The van der Waals surface area contributed by atoms with Gasteiger partial charge in [-0.2, -0.15) is 0 Å². The van der Waals surface area contributed by atoms with Crippen LogP contribution in [-0.4, -0.2) is 50.1 Å². The topological polar surface area (TPSA) is 26.8 Å². The van der Waals surface area contributed by atoms with Crippen LogP contribution in [0.4, 0.5) is 11.4 Å². The average Bonchev–Trinajstić information content (AvgIpc) is 3.29. The van der Waals surface area contributed by atoms with Gasteiger partial charge in [0, 0.05) is 56.6 Å². The summed E-state index contributed by atoms with van der Waals surface area (Å²) in [5.41, 5.74) is 2.64. The van der Waals surface area contributed by atoms with Gasteiger partial charge >= 0.3 is 0 Å². The Balaban J connectivity index is 1.35. The van der Waals surface area contributed by atoms with Crippen molar-refractivity contribution < 1.29 is 4.79 Å². The SMILES string of the molecule is O=C(C1CC1)N1CCN(c2ccc(N3CCCC3)cc2)CC1. The van der Waals surface area contributed by atoms with Gasteiger partial charge in [0.1, 0.15) is 0 Å². The standard InChI is InChI=1S/C18H25N3O/c22-18(15-3-4-15)21-13-11-20(12-14-21)17-7-5-16(6-8-17)19-9-1-2-10-19/h5-8,15H,1-4,9-14H2. The maximum Gasteiger partial charge on any atom is 0.225 e. The Morgan fingerprint density at radius 2 is 1.27 bits per heavy atom. The Hall–Kier alpha value is -1.71. The second-order valence-electron chi connectivity index (χ2n) is 6.80. The Labute approximate surface area is 132 Å². The molecule has 4 nitrogen and oxygen atoms in total. The van der Waals surface area contributed by atoms with Gasteiger partial charge in [0.25, 0.3) is 0 Å². The fraction of sp³-hybridized carbons (Fsp3) is 0.611. The van der Waals surface area contributed by atoms with Gasteiger partial charge in [0.15, 0.2) is 0 Å². The summed E-state index contributed by atoms with van der Waals surface area (Å²) in [6.07, 6.45) is 4.85. The predicted octanol–water partition coefficient (Wildman–Crippen LogP) is 2.35. The van der Waals surface area contributed by atoms with Crippen LogP contribution in [0.25, 0.3) is 0 Å². The van der Waals surface area contributed by atoms with Crippen LogP contribution in [0.1, 0.15) is 25.7 Å². The zero-order valence-corrected chi connectivity index (χ0v) is 13.2. The van der Waals surface area contributed by atoms with E-state index in [4.69, 9.17) is 0 Å². The normalized spacial score (nSPS) is 22.3. The highest BCUT2D eigenvalue weighted by Crippen LogP contribution is 2.31. The molecule has 1 aliphatic carbocycles. The van der Waals surface area contributed by atoms with Gasteiger partial charge in [0.2, 0.25) is 5.91 Å². The van der Waals surface area contributed by atoms with Crippen molar-refractivity contribution >= 4 is 17.3 Å². The van der Waals surface area contributed by atoms with E-state index in [1.807, 2.05) is 0 Å². The van der Waals surface area contributed by atoms with Crippen molar-refractivity contribution in [2.45, 2.75) is 25.7 Å². The molecule has 0 bridgehead atoms. The summed E-state index contributed by atoms with van der Waals surface area (Å²) in [6, 6.07) is 8.99. The third-order valence-electron chi connectivity index (χ3n) is 5.20. The summed E-state index contributed by atoms with van der Waals surface area (Å²) in [5, 5.41) is 0. The first kappa shape index (κ1) is 13.9. The summed E-state index contributed by atoms with van der Waals surface area (Å²) in [6.45, 7) is 6.07. The number of piperazine rings is 1. The van der Waals surface area contributed by atoms with Crippen molar-refractivity contribution in [2.75, 3.05) is 49.1 Å². The third-order valence-corrected chi connectivity index (χ3v) is 5.20. The zero-order valence-electron chi connectivity index (χ0n) is 13.2. The summed E-state index contributed by atoms with van der Waals surface area (Å²) >= 11 is 0. The number of nitrogens with zero attached hydrogens (tertiary/aromatic N) is 3. The van der Waals surface area contributed by atoms with E-state index in [0.29, 0.717) is 11.8 Å². The Morgan fingerprint density at radius 1 is 0.773 bits per heavy atom. The van der Waals surface area contributed by atoms with Gasteiger partial charge in [-0.15, -0.1) is 0 Å². The lowest BCUT2D eigenvalue weighted by atomic mass is 10.2. The molecule has 3 fully saturated rings. The van der Waals surface area contributed by atoms with Crippen molar-refractivity contribution in [1.29, 1.82) is 0 Å². The number of hydrogen-bond donors (Lipinski definition) is 0. The zero-order chi connectivity index (χ0) is 14.9. The lowest BCUT2D eigenvalue weighted by Crippen LogP contribution is -2.49. The largest absolute Gasteiger partial charge is 0.372 e. The first-order valence-electron chi connectivity index (χ1n) is 8.70. The minimum atomic E-state index is 0.353. The van der Waals surface area contributed by atoms with Crippen molar-refractivity contribution in [3.05, 3.63) is 24.3 Å². The van der Waals surface area contributed by atoms with Crippen LogP contribution in [-0.2, 0) is 4.79 Å². The van der Waals surface area contributed by atoms with E-state index in [1.165, 1.54) is 37.3 Å². The molecule has 1 aromatic carbocycles. The summed E-state index contributed by atoms with van der Waals surface area (Å²) in [7, 11) is 0. The van der Waals surface area contributed by atoms with Crippen LogP contribution in [0, 0.1) is 5.92 Å². The van der Waals surface area contributed by atoms with E-state index in [1.54, 1.807) is 0 Å². The molecular weight excluding hydrogens is 274 g/mol. The fourth-order valence-electron chi connectivity index (χ4n) is 3.62. The van der Waals surface area contributed by atoms with E-state index < -0.39 is 0 Å². The first-order valence-corrected chi connectivity index (χ1v) is 8.70. The average molecular weight is 299 g/mol. The summed E-state index contributed by atoms with van der Waals surface area (Å²) < 4.78 is 0. The van der Waals surface area contributed by atoms with E-state index >= 15 is 0 Å². The molecule has 0 unspecified atom stereocenters. The highest BCUT2D eigenvalue weighted by molar-refractivity contribution is 5.81. The van der Waals surface area contributed by atoms with E-state index in [2.05, 4.69) is 39.0 Å². The molecule has 3 aliphatic rings. The summed E-state index contributed by atoms with van der Waals surface area (Å²) in [4.78, 5) is 19.0. The number of benzene rings is 1. The Morgan fingerprint density at radius 3 is 1.77 bits per heavy atom. The molecule has 4 rings (SSSR count). The predicted molar refractivity (Wildman–Crippen MR) is 89.4 cm³/mol. The maximum atomic E-state index is 12.1. The fourth-order valence-corrected chi connectivity index (χ4v) is 3.62. The minimum Gasteiger partial charge on any atom is -0.372 e. The molecule has 118 valence electrons. The Kier molecular flexibility index (Phi) is 3.68. The highest BCUT2D eigenvalue weighted by atomic mass is 16.2. The molecule has 0 spiro atoms. The molecular formula is C18H25N3O. The van der Waals surface area contributed by atoms with Crippen molar-refractivity contribution in [3.8, 4) is 0 Å². The van der Waals surface area contributed by atoms with Gasteiger partial charge in [-0.3, -0.25) is 4.79 Å². The lowest BCUT2D eigenvalue weighted by molar-refractivity contribution is -0.132. The number of carbonyl (C=O) groups excluding carboxylic acids is 1. The van der Waals surface area contributed by atoms with Crippen molar-refractivity contribution in [2.24, 2.45) is 5.92 Å². The molecule has 22 heavy (non-hydrogen) atoms. The number of anilines is 2. The van der Waals surface area contributed by atoms with Crippen LogP contribution < -0.4 is 9.80 Å². The third kappa shape index (κ3) is 2.79. The van der Waals surface area contributed by atoms with Gasteiger partial charge in [-0.05, 0) is 49.9 Å². The second kappa shape index (κ2) is 5.82. The summed E-state index contributed by atoms with van der Waals surface area (Å²) in [5.74, 6) is 0.746. The smallest absolute Gasteiger partial charge is 0.225 e. The van der Waals surface area contributed by atoms with Crippen LogP contribution >= 0.6 is 0 Å². The quantitative estimate of drug-likeness (QED) is 0.857. The molecule has 2 heterocycles. The van der Waals surface area contributed by atoms with Crippen LogP contribution in [0.2, 0.25) is 0 Å². The number of carbonyl (C=O) groups is 1. The molecule has 1 aromatic rings. The van der Waals surface area contributed by atoms with Crippen molar-refractivity contribution in [1.82, 2.24) is 4.90 Å². The number of amides is 1. The Bertz CT molecular complexity index is 524. The second-order valence-corrected chi connectivity index (χ2v) is 6.80.